The van der Waals surface area contributed by atoms with Crippen molar-refractivity contribution in [1.82, 2.24) is 20.4 Å². The van der Waals surface area contributed by atoms with Crippen molar-refractivity contribution < 1.29 is 9.32 Å². The number of rotatable bonds is 4. The third-order valence-corrected chi connectivity index (χ3v) is 2.58. The number of hydrogen-bond acceptors (Lipinski definition) is 6. The van der Waals surface area contributed by atoms with Gasteiger partial charge in [0, 0.05) is 25.4 Å². The molecule has 108 valence electrons. The predicted molar refractivity (Wildman–Crippen MR) is 75.2 cm³/mol. The number of pyridine rings is 1. The summed E-state index contributed by atoms with van der Waals surface area (Å²) < 4.78 is 4.97. The van der Waals surface area contributed by atoms with Crippen molar-refractivity contribution >= 4 is 5.91 Å². The monoisotopic (exact) mass is 285 g/mol. The third-order valence-electron chi connectivity index (χ3n) is 2.58. The Morgan fingerprint density at radius 2 is 2.38 bits per heavy atom. The van der Waals surface area contributed by atoms with Crippen LogP contribution in [0.3, 0.4) is 0 Å². The number of amides is 1. The SMILES string of the molecule is Cc1noc(CCNC(=O)c2ccncc2C#CCN)n1. The molecule has 0 bridgehead atoms. The Balaban J connectivity index is 1.97. The number of carbonyl (C=O) groups is 1. The summed E-state index contributed by atoms with van der Waals surface area (Å²) in [6.45, 7) is 2.37. The van der Waals surface area contributed by atoms with Crippen molar-refractivity contribution in [3.05, 3.63) is 41.3 Å². The van der Waals surface area contributed by atoms with Crippen LogP contribution in [-0.4, -0.2) is 34.1 Å². The van der Waals surface area contributed by atoms with Crippen LogP contribution in [0.4, 0.5) is 0 Å². The number of nitrogens with zero attached hydrogens (tertiary/aromatic N) is 3. The van der Waals surface area contributed by atoms with Gasteiger partial charge in [0.2, 0.25) is 5.89 Å². The Labute approximate surface area is 121 Å². The highest BCUT2D eigenvalue weighted by molar-refractivity contribution is 5.96. The molecule has 0 saturated carbocycles. The minimum Gasteiger partial charge on any atom is -0.351 e. The van der Waals surface area contributed by atoms with E-state index >= 15 is 0 Å². The molecule has 0 aliphatic rings. The van der Waals surface area contributed by atoms with Crippen molar-refractivity contribution in [2.45, 2.75) is 13.3 Å². The largest absolute Gasteiger partial charge is 0.351 e. The molecule has 0 aliphatic heterocycles. The molecule has 0 spiro atoms. The standard InChI is InChI=1S/C14H15N5O2/c1-10-18-13(21-19-10)5-8-17-14(20)12-4-7-16-9-11(12)3-2-6-15/h4,7,9H,5-6,8,15H2,1H3,(H,17,20). The molecule has 3 N–H and O–H groups in total. The van der Waals surface area contributed by atoms with Crippen LogP contribution in [0.15, 0.2) is 23.0 Å². The molecule has 0 unspecified atom stereocenters. The molecule has 0 aliphatic carbocycles. The number of hydrogen-bond donors (Lipinski definition) is 2. The molecule has 0 radical (unpaired) electrons. The summed E-state index contributed by atoms with van der Waals surface area (Å²) in [6, 6.07) is 1.62. The van der Waals surface area contributed by atoms with Crippen LogP contribution in [-0.2, 0) is 6.42 Å². The van der Waals surface area contributed by atoms with E-state index in [1.807, 2.05) is 0 Å². The summed E-state index contributed by atoms with van der Waals surface area (Å²) in [5.41, 5.74) is 6.35. The minimum atomic E-state index is -0.227. The molecule has 0 fully saturated rings. The fraction of sp³-hybridized carbons (Fsp3) is 0.286. The summed E-state index contributed by atoms with van der Waals surface area (Å²) in [6.07, 6.45) is 3.56. The second-order valence-corrected chi connectivity index (χ2v) is 4.17. The molecular weight excluding hydrogens is 270 g/mol. The second kappa shape index (κ2) is 7.17. The molecule has 2 aromatic rings. The van der Waals surface area contributed by atoms with Crippen molar-refractivity contribution in [2.24, 2.45) is 5.73 Å². The zero-order valence-electron chi connectivity index (χ0n) is 11.6. The van der Waals surface area contributed by atoms with Gasteiger partial charge in [-0.15, -0.1) is 0 Å². The first-order chi connectivity index (χ1) is 10.2. The maximum atomic E-state index is 12.1. The van der Waals surface area contributed by atoms with Gasteiger partial charge in [0.15, 0.2) is 5.82 Å². The minimum absolute atomic E-state index is 0.227. The van der Waals surface area contributed by atoms with Crippen LogP contribution in [0.5, 0.6) is 0 Å². The lowest BCUT2D eigenvalue weighted by Gasteiger charge is -2.05. The van der Waals surface area contributed by atoms with Gasteiger partial charge in [-0.25, -0.2) is 0 Å². The zero-order valence-corrected chi connectivity index (χ0v) is 11.6. The van der Waals surface area contributed by atoms with Gasteiger partial charge in [-0.1, -0.05) is 17.0 Å². The van der Waals surface area contributed by atoms with Crippen molar-refractivity contribution in [3.8, 4) is 11.8 Å². The highest BCUT2D eigenvalue weighted by Crippen LogP contribution is 2.05. The highest BCUT2D eigenvalue weighted by atomic mass is 16.5. The topological polar surface area (TPSA) is 107 Å². The van der Waals surface area contributed by atoms with E-state index in [0.29, 0.717) is 35.8 Å². The lowest BCUT2D eigenvalue weighted by atomic mass is 10.1. The smallest absolute Gasteiger partial charge is 0.252 e. The van der Waals surface area contributed by atoms with E-state index in [4.69, 9.17) is 10.3 Å². The van der Waals surface area contributed by atoms with E-state index in [-0.39, 0.29) is 12.5 Å². The van der Waals surface area contributed by atoms with Gasteiger partial charge in [-0.05, 0) is 13.0 Å². The number of aromatic nitrogens is 3. The highest BCUT2D eigenvalue weighted by Gasteiger charge is 2.10. The molecule has 2 heterocycles. The first-order valence-corrected chi connectivity index (χ1v) is 6.41. The van der Waals surface area contributed by atoms with E-state index < -0.39 is 0 Å². The Bertz CT molecular complexity index is 684. The first kappa shape index (κ1) is 14.7. The molecule has 0 atom stereocenters. The second-order valence-electron chi connectivity index (χ2n) is 4.17. The van der Waals surface area contributed by atoms with E-state index in [1.54, 1.807) is 25.4 Å². The lowest BCUT2D eigenvalue weighted by Crippen LogP contribution is -2.26. The van der Waals surface area contributed by atoms with Crippen LogP contribution >= 0.6 is 0 Å². The van der Waals surface area contributed by atoms with Crippen molar-refractivity contribution in [2.75, 3.05) is 13.1 Å². The van der Waals surface area contributed by atoms with E-state index in [0.717, 1.165) is 0 Å². The average Bonchev–Trinajstić information content (AvgIpc) is 2.91. The summed E-state index contributed by atoms with van der Waals surface area (Å²) >= 11 is 0. The molecule has 21 heavy (non-hydrogen) atoms. The van der Waals surface area contributed by atoms with E-state index in [9.17, 15) is 4.79 Å². The Morgan fingerprint density at radius 1 is 1.52 bits per heavy atom. The predicted octanol–water partition coefficient (Wildman–Crippen LogP) is 0.0557. The van der Waals surface area contributed by atoms with Crippen LogP contribution in [0.25, 0.3) is 0 Å². The summed E-state index contributed by atoms with van der Waals surface area (Å²) in [5.74, 6) is 6.37. The zero-order chi connectivity index (χ0) is 15.1. The first-order valence-electron chi connectivity index (χ1n) is 6.41. The van der Waals surface area contributed by atoms with E-state index in [2.05, 4.69) is 32.3 Å². The van der Waals surface area contributed by atoms with Gasteiger partial charge < -0.3 is 15.6 Å². The molecule has 2 rings (SSSR count). The quantitative estimate of drug-likeness (QED) is 0.769. The van der Waals surface area contributed by atoms with Gasteiger partial charge in [-0.3, -0.25) is 9.78 Å². The molecule has 7 heteroatoms. The summed E-state index contributed by atoms with van der Waals surface area (Å²) in [4.78, 5) is 20.1. The van der Waals surface area contributed by atoms with Crippen molar-refractivity contribution in [1.29, 1.82) is 0 Å². The maximum Gasteiger partial charge on any atom is 0.252 e. The third kappa shape index (κ3) is 4.12. The van der Waals surface area contributed by atoms with Gasteiger partial charge in [0.25, 0.3) is 5.91 Å². The molecular formula is C14H15N5O2. The fourth-order valence-corrected chi connectivity index (χ4v) is 1.66. The number of aryl methyl sites for hydroxylation is 1. The Morgan fingerprint density at radius 3 is 3.10 bits per heavy atom. The van der Waals surface area contributed by atoms with Crippen LogP contribution in [0.2, 0.25) is 0 Å². The fourth-order valence-electron chi connectivity index (χ4n) is 1.66. The lowest BCUT2D eigenvalue weighted by molar-refractivity contribution is 0.0953. The maximum absolute atomic E-state index is 12.1. The van der Waals surface area contributed by atoms with Crippen LogP contribution < -0.4 is 11.1 Å². The number of nitrogens with one attached hydrogen (secondary N) is 1. The normalized spacial score (nSPS) is 9.81. The number of carbonyl (C=O) groups excluding carboxylic acids is 1. The Hall–Kier alpha value is -2.72. The van der Waals surface area contributed by atoms with Gasteiger partial charge in [-0.2, -0.15) is 4.98 Å². The van der Waals surface area contributed by atoms with Crippen LogP contribution in [0.1, 0.15) is 27.6 Å². The molecule has 2 aromatic heterocycles. The van der Waals surface area contributed by atoms with Gasteiger partial charge in [0.05, 0.1) is 17.7 Å². The Kier molecular flexibility index (Phi) is 5.01. The summed E-state index contributed by atoms with van der Waals surface area (Å²) in [5, 5.41) is 6.46. The number of nitrogens with two attached hydrogens (primary N) is 1. The van der Waals surface area contributed by atoms with Crippen molar-refractivity contribution in [3.63, 3.8) is 0 Å². The van der Waals surface area contributed by atoms with Crippen LogP contribution in [0, 0.1) is 18.8 Å². The van der Waals surface area contributed by atoms with Gasteiger partial charge in [0.1, 0.15) is 0 Å². The van der Waals surface area contributed by atoms with Gasteiger partial charge >= 0.3 is 0 Å². The molecule has 0 aromatic carbocycles. The van der Waals surface area contributed by atoms with E-state index in [1.165, 1.54) is 0 Å². The average molecular weight is 285 g/mol. The molecule has 1 amide bonds. The summed E-state index contributed by atoms with van der Waals surface area (Å²) in [7, 11) is 0. The molecule has 0 saturated heterocycles. The molecule has 7 nitrogen and oxygen atoms in total.